The van der Waals surface area contributed by atoms with Gasteiger partial charge in [-0.1, -0.05) is 29.3 Å². The van der Waals surface area contributed by atoms with Crippen LogP contribution in [0.5, 0.6) is 0 Å². The molecule has 1 atom stereocenters. The van der Waals surface area contributed by atoms with Crippen molar-refractivity contribution in [1.29, 1.82) is 0 Å². The van der Waals surface area contributed by atoms with E-state index >= 15 is 0 Å². The van der Waals surface area contributed by atoms with Crippen molar-refractivity contribution in [2.45, 2.75) is 31.3 Å². The number of benzene rings is 1. The zero-order chi connectivity index (χ0) is 17.7. The van der Waals surface area contributed by atoms with Crippen LogP contribution >= 0.6 is 47.2 Å². The van der Waals surface area contributed by atoms with Gasteiger partial charge in [0.05, 0.1) is 12.6 Å². The second kappa shape index (κ2) is 10.2. The lowest BCUT2D eigenvalue weighted by atomic mass is 9.89. The van der Waals surface area contributed by atoms with Gasteiger partial charge in [-0.05, 0) is 51.6 Å². The van der Waals surface area contributed by atoms with Gasteiger partial charge >= 0.3 is 0 Å². The van der Waals surface area contributed by atoms with Crippen LogP contribution in [-0.4, -0.2) is 50.3 Å². The van der Waals surface area contributed by atoms with Crippen LogP contribution in [0.25, 0.3) is 0 Å². The van der Waals surface area contributed by atoms with Crippen LogP contribution in [0.4, 0.5) is 0 Å². The van der Waals surface area contributed by atoms with Crippen molar-refractivity contribution in [3.8, 4) is 0 Å². The predicted octanol–water partition coefficient (Wildman–Crippen LogP) is 3.69. The van der Waals surface area contributed by atoms with Crippen LogP contribution in [-0.2, 0) is 4.74 Å². The molecule has 1 unspecified atom stereocenters. The number of hydrogen-bond donors (Lipinski definition) is 2. The van der Waals surface area contributed by atoms with Crippen LogP contribution in [0.1, 0.15) is 31.4 Å². The molecule has 8 heteroatoms. The third kappa shape index (κ3) is 6.13. The van der Waals surface area contributed by atoms with Crippen molar-refractivity contribution in [3.63, 3.8) is 0 Å². The Bertz CT molecular complexity index is 592. The summed E-state index contributed by atoms with van der Waals surface area (Å²) in [5.74, 6) is 0.418. The van der Waals surface area contributed by atoms with Gasteiger partial charge in [0.15, 0.2) is 5.96 Å². The number of likely N-dealkylation sites (N-methyl/N-ethyl adjacent to an activating group) is 1. The lowest BCUT2D eigenvalue weighted by Gasteiger charge is -2.41. The fourth-order valence-corrected chi connectivity index (χ4v) is 3.50. The maximum atomic E-state index is 6.24. The second-order valence-electron chi connectivity index (χ2n) is 6.46. The fourth-order valence-electron chi connectivity index (χ4n) is 2.93. The number of nitrogens with two attached hydrogens (primary N) is 1. The Balaban J connectivity index is 0.00000312. The lowest BCUT2D eigenvalue weighted by molar-refractivity contribution is -0.00253. The summed E-state index contributed by atoms with van der Waals surface area (Å²) in [6.07, 6.45) is 1.91. The van der Waals surface area contributed by atoms with E-state index in [1.807, 2.05) is 19.1 Å². The number of guanidine groups is 1. The van der Waals surface area contributed by atoms with Crippen LogP contribution in [0.2, 0.25) is 10.0 Å². The van der Waals surface area contributed by atoms with Crippen molar-refractivity contribution in [3.05, 3.63) is 33.8 Å². The lowest BCUT2D eigenvalue weighted by Crippen LogP contribution is -2.51. The number of rotatable bonds is 5. The first kappa shape index (κ1) is 22.8. The van der Waals surface area contributed by atoms with Crippen molar-refractivity contribution >= 4 is 53.1 Å². The summed E-state index contributed by atoms with van der Waals surface area (Å²) in [6.45, 7) is 4.16. The van der Waals surface area contributed by atoms with Gasteiger partial charge in [-0.15, -0.1) is 24.0 Å². The first-order valence-corrected chi connectivity index (χ1v) is 8.86. The molecule has 25 heavy (non-hydrogen) atoms. The molecule has 3 N–H and O–H groups in total. The number of aliphatic imine (C=N–C) groups is 1. The third-order valence-electron chi connectivity index (χ3n) is 4.71. The number of nitrogens with one attached hydrogen (secondary N) is 1. The van der Waals surface area contributed by atoms with Gasteiger partial charge in [0.2, 0.25) is 0 Å². The highest BCUT2D eigenvalue weighted by atomic mass is 127. The summed E-state index contributed by atoms with van der Waals surface area (Å²) in [6, 6.07) is 5.39. The summed E-state index contributed by atoms with van der Waals surface area (Å²) in [5, 5.41) is 4.43. The van der Waals surface area contributed by atoms with Gasteiger partial charge in [0.25, 0.3) is 0 Å². The van der Waals surface area contributed by atoms with Gasteiger partial charge in [-0.3, -0.25) is 4.99 Å². The molecule has 1 saturated heterocycles. The maximum absolute atomic E-state index is 6.24. The number of halogens is 3. The molecule has 0 aromatic heterocycles. The minimum atomic E-state index is -0.0523. The molecule has 1 aromatic rings. The Morgan fingerprint density at radius 1 is 1.36 bits per heavy atom. The zero-order valence-corrected chi connectivity index (χ0v) is 18.7. The summed E-state index contributed by atoms with van der Waals surface area (Å²) in [7, 11) is 4.17. The smallest absolute Gasteiger partial charge is 0.189 e. The van der Waals surface area contributed by atoms with Crippen LogP contribution in [0.3, 0.4) is 0 Å². The SMILES string of the molecule is CC(NC(N)=NCC1(N(C)C)CCOCC1)c1ccc(Cl)cc1Cl.I. The van der Waals surface area contributed by atoms with E-state index in [1.54, 1.807) is 6.07 Å². The first-order chi connectivity index (χ1) is 11.3. The fraction of sp³-hybridized carbons (Fsp3) is 0.588. The molecule has 1 aliphatic heterocycles. The largest absolute Gasteiger partial charge is 0.381 e. The van der Waals surface area contributed by atoms with Crippen LogP contribution in [0.15, 0.2) is 23.2 Å². The Hall–Kier alpha value is -0.280. The van der Waals surface area contributed by atoms with E-state index in [1.165, 1.54) is 0 Å². The number of ether oxygens (including phenoxy) is 1. The summed E-state index contributed by atoms with van der Waals surface area (Å²) in [5.41, 5.74) is 7.03. The van der Waals surface area contributed by atoms with E-state index in [9.17, 15) is 0 Å². The molecule has 142 valence electrons. The number of hydrogen-bond acceptors (Lipinski definition) is 3. The minimum Gasteiger partial charge on any atom is -0.381 e. The van der Waals surface area contributed by atoms with E-state index in [0.717, 1.165) is 31.6 Å². The van der Waals surface area contributed by atoms with E-state index < -0.39 is 0 Å². The average molecular weight is 501 g/mol. The molecule has 1 aliphatic rings. The van der Waals surface area contributed by atoms with Gasteiger partial charge in [0, 0.05) is 28.8 Å². The molecular weight excluding hydrogens is 474 g/mol. The normalized spacial score (nSPS) is 18.6. The molecule has 1 fully saturated rings. The number of nitrogens with zero attached hydrogens (tertiary/aromatic N) is 2. The second-order valence-corrected chi connectivity index (χ2v) is 7.31. The van der Waals surface area contributed by atoms with Crippen molar-refractivity contribution < 1.29 is 4.74 Å². The molecule has 1 aromatic carbocycles. The molecule has 0 bridgehead atoms. The quantitative estimate of drug-likeness (QED) is 0.367. The van der Waals surface area contributed by atoms with Crippen molar-refractivity contribution in [2.75, 3.05) is 33.9 Å². The summed E-state index contributed by atoms with van der Waals surface area (Å²) >= 11 is 12.2. The Labute approximate surface area is 177 Å². The predicted molar refractivity (Wildman–Crippen MR) is 116 cm³/mol. The molecule has 0 amide bonds. The summed E-state index contributed by atoms with van der Waals surface area (Å²) in [4.78, 5) is 6.80. The topological polar surface area (TPSA) is 62.9 Å². The average Bonchev–Trinajstić information content (AvgIpc) is 2.53. The first-order valence-electron chi connectivity index (χ1n) is 8.11. The monoisotopic (exact) mass is 500 g/mol. The Morgan fingerprint density at radius 2 is 2.00 bits per heavy atom. The molecule has 0 spiro atoms. The van der Waals surface area contributed by atoms with Gasteiger partial charge in [0.1, 0.15) is 0 Å². The Morgan fingerprint density at radius 3 is 2.56 bits per heavy atom. The van der Waals surface area contributed by atoms with E-state index in [2.05, 4.69) is 29.3 Å². The minimum absolute atomic E-state index is 0. The van der Waals surface area contributed by atoms with E-state index in [4.69, 9.17) is 33.7 Å². The van der Waals surface area contributed by atoms with Gasteiger partial charge in [-0.25, -0.2) is 0 Å². The highest BCUT2D eigenvalue weighted by Crippen LogP contribution is 2.27. The van der Waals surface area contributed by atoms with Crippen molar-refractivity contribution in [2.24, 2.45) is 10.7 Å². The van der Waals surface area contributed by atoms with Crippen molar-refractivity contribution in [1.82, 2.24) is 10.2 Å². The van der Waals surface area contributed by atoms with Crippen LogP contribution < -0.4 is 11.1 Å². The van der Waals surface area contributed by atoms with E-state index in [0.29, 0.717) is 22.5 Å². The molecule has 2 rings (SSSR count). The van der Waals surface area contributed by atoms with Crippen LogP contribution in [0, 0.1) is 0 Å². The van der Waals surface area contributed by atoms with Gasteiger partial charge < -0.3 is 20.7 Å². The molecule has 0 aliphatic carbocycles. The molecular formula is C17H27Cl2IN4O. The molecule has 0 saturated carbocycles. The molecule has 0 radical (unpaired) electrons. The van der Waals surface area contributed by atoms with E-state index in [-0.39, 0.29) is 35.6 Å². The highest BCUT2D eigenvalue weighted by Gasteiger charge is 2.34. The maximum Gasteiger partial charge on any atom is 0.189 e. The zero-order valence-electron chi connectivity index (χ0n) is 14.9. The Kier molecular flexibility index (Phi) is 9.25. The summed E-state index contributed by atoms with van der Waals surface area (Å²) < 4.78 is 5.48. The molecule has 5 nitrogen and oxygen atoms in total. The standard InChI is InChI=1S/C17H26Cl2N4O.HI/c1-12(14-5-4-13(18)10-15(14)19)22-16(20)21-11-17(23(2)3)6-8-24-9-7-17;/h4-5,10,12H,6-9,11H2,1-3H3,(H3,20,21,22);1H. The highest BCUT2D eigenvalue weighted by molar-refractivity contribution is 14.0. The van der Waals surface area contributed by atoms with Gasteiger partial charge in [-0.2, -0.15) is 0 Å². The third-order valence-corrected chi connectivity index (χ3v) is 5.27. The molecule has 1 heterocycles.